The van der Waals surface area contributed by atoms with E-state index < -0.39 is 10.0 Å². The van der Waals surface area contributed by atoms with Gasteiger partial charge in [-0.15, -0.1) is 0 Å². The first-order valence-electron chi connectivity index (χ1n) is 10.4. The summed E-state index contributed by atoms with van der Waals surface area (Å²) in [4.78, 5) is 12.5. The third-order valence-corrected chi connectivity index (χ3v) is 6.06. The van der Waals surface area contributed by atoms with Crippen LogP contribution in [0.25, 0.3) is 0 Å². The largest absolute Gasteiger partial charge is 0.491 e. The van der Waals surface area contributed by atoms with Crippen LogP contribution in [0.5, 0.6) is 5.75 Å². The molecular weight excluding hydrogens is 412 g/mol. The smallest absolute Gasteiger partial charge is 0.240 e. The summed E-state index contributed by atoms with van der Waals surface area (Å²) in [6.07, 6.45) is 1.12. The summed E-state index contributed by atoms with van der Waals surface area (Å²) in [7, 11) is -3.63. The third-order valence-electron chi connectivity index (χ3n) is 4.95. The van der Waals surface area contributed by atoms with Crippen LogP contribution in [0.4, 0.5) is 5.69 Å². The molecule has 0 aromatic heterocycles. The second kappa shape index (κ2) is 9.73. The minimum Gasteiger partial charge on any atom is -0.491 e. The topological polar surface area (TPSA) is 75.7 Å². The molecule has 1 amide bonds. The number of hydrogen-bond acceptors (Lipinski definition) is 4. The minimum atomic E-state index is -3.63. The number of ether oxygens (including phenoxy) is 1. The predicted molar refractivity (Wildman–Crippen MR) is 126 cm³/mol. The van der Waals surface area contributed by atoms with Crippen molar-refractivity contribution in [3.63, 3.8) is 0 Å². The van der Waals surface area contributed by atoms with Gasteiger partial charge in [-0.25, -0.2) is 8.42 Å². The number of sulfonamides is 1. The molecule has 0 radical (unpaired) electrons. The van der Waals surface area contributed by atoms with E-state index in [0.29, 0.717) is 12.3 Å². The fourth-order valence-corrected chi connectivity index (χ4v) is 4.65. The highest BCUT2D eigenvalue weighted by Crippen LogP contribution is 2.31. The number of aryl methyl sites for hydroxylation is 3. The lowest BCUT2D eigenvalue weighted by molar-refractivity contribution is -0.119. The molecule has 0 unspecified atom stereocenters. The van der Waals surface area contributed by atoms with Gasteiger partial charge in [-0.2, -0.15) is 0 Å². The molecule has 2 rings (SSSR count). The van der Waals surface area contributed by atoms with E-state index >= 15 is 0 Å². The average molecular weight is 447 g/mol. The van der Waals surface area contributed by atoms with Crippen molar-refractivity contribution in [1.82, 2.24) is 5.32 Å². The van der Waals surface area contributed by atoms with Crippen LogP contribution in [0.15, 0.2) is 36.4 Å². The summed E-state index contributed by atoms with van der Waals surface area (Å²) in [6, 6.07) is 11.7. The van der Waals surface area contributed by atoms with Crippen molar-refractivity contribution >= 4 is 21.6 Å². The Morgan fingerprint density at radius 2 is 1.65 bits per heavy atom. The summed E-state index contributed by atoms with van der Waals surface area (Å²) in [5.74, 6) is 0.408. The summed E-state index contributed by atoms with van der Waals surface area (Å²) in [5, 5.41) is 2.76. The third kappa shape index (κ3) is 6.72. The maximum Gasteiger partial charge on any atom is 0.240 e. The van der Waals surface area contributed by atoms with Crippen molar-refractivity contribution in [3.05, 3.63) is 58.7 Å². The van der Waals surface area contributed by atoms with Crippen LogP contribution in [0.2, 0.25) is 0 Å². The second-order valence-corrected chi connectivity index (χ2v) is 10.9. The molecule has 2 aromatic rings. The van der Waals surface area contributed by atoms with Gasteiger partial charge in [0.2, 0.25) is 15.9 Å². The fourth-order valence-electron chi connectivity index (χ4n) is 3.68. The van der Waals surface area contributed by atoms with E-state index in [1.807, 2.05) is 57.2 Å². The van der Waals surface area contributed by atoms with Gasteiger partial charge in [0, 0.05) is 0 Å². The van der Waals surface area contributed by atoms with Crippen molar-refractivity contribution in [2.45, 2.75) is 47.0 Å². The van der Waals surface area contributed by atoms with Gasteiger partial charge in [-0.3, -0.25) is 9.10 Å². The summed E-state index contributed by atoms with van der Waals surface area (Å²) in [5.41, 5.74) is 4.27. The molecule has 0 fully saturated rings. The maximum absolute atomic E-state index is 12.5. The molecule has 0 atom stereocenters. The quantitative estimate of drug-likeness (QED) is 0.625. The highest BCUT2D eigenvalue weighted by Gasteiger charge is 2.24. The Labute approximate surface area is 186 Å². The first kappa shape index (κ1) is 24.7. The van der Waals surface area contributed by atoms with Crippen molar-refractivity contribution in [3.8, 4) is 5.75 Å². The van der Waals surface area contributed by atoms with Crippen LogP contribution >= 0.6 is 0 Å². The summed E-state index contributed by atoms with van der Waals surface area (Å²) >= 11 is 0. The Hall–Kier alpha value is -2.54. The Bertz CT molecular complexity index is 1020. The van der Waals surface area contributed by atoms with Gasteiger partial charge in [0.05, 0.1) is 18.5 Å². The lowest BCUT2D eigenvalue weighted by atomic mass is 9.86. The van der Waals surface area contributed by atoms with Crippen LogP contribution in [0, 0.1) is 20.8 Å². The Morgan fingerprint density at radius 3 is 2.19 bits per heavy atom. The number of rotatable bonds is 8. The maximum atomic E-state index is 12.5. The van der Waals surface area contributed by atoms with E-state index in [1.165, 1.54) is 4.31 Å². The van der Waals surface area contributed by atoms with Crippen molar-refractivity contribution in [2.24, 2.45) is 0 Å². The molecule has 170 valence electrons. The molecule has 7 heteroatoms. The van der Waals surface area contributed by atoms with Crippen LogP contribution in [-0.4, -0.2) is 40.3 Å². The zero-order chi connectivity index (χ0) is 23.4. The fraction of sp³-hybridized carbons (Fsp3) is 0.458. The first-order valence-corrected chi connectivity index (χ1v) is 12.2. The normalized spacial score (nSPS) is 11.8. The zero-order valence-electron chi connectivity index (χ0n) is 19.6. The average Bonchev–Trinajstić information content (AvgIpc) is 2.62. The van der Waals surface area contributed by atoms with E-state index in [2.05, 4.69) is 26.1 Å². The van der Waals surface area contributed by atoms with Gasteiger partial charge in [-0.1, -0.05) is 56.7 Å². The van der Waals surface area contributed by atoms with Crippen molar-refractivity contribution in [1.29, 1.82) is 0 Å². The van der Waals surface area contributed by atoms with Crippen molar-refractivity contribution in [2.75, 3.05) is 30.3 Å². The zero-order valence-corrected chi connectivity index (χ0v) is 20.4. The van der Waals surface area contributed by atoms with E-state index in [-0.39, 0.29) is 24.4 Å². The SMILES string of the molecule is Cc1cc(C)c(N(CC(=O)NCCOc2ccccc2C(C)(C)C)S(C)(=O)=O)c(C)c1. The number of nitrogens with zero attached hydrogens (tertiary/aromatic N) is 1. The molecule has 0 aliphatic heterocycles. The highest BCUT2D eigenvalue weighted by atomic mass is 32.2. The van der Waals surface area contributed by atoms with E-state index in [4.69, 9.17) is 4.74 Å². The first-order chi connectivity index (χ1) is 14.3. The van der Waals surface area contributed by atoms with Gasteiger partial charge < -0.3 is 10.1 Å². The number of hydrogen-bond donors (Lipinski definition) is 1. The van der Waals surface area contributed by atoms with Gasteiger partial charge >= 0.3 is 0 Å². The molecule has 0 aliphatic rings. The predicted octanol–water partition coefficient (Wildman–Crippen LogP) is 3.87. The number of carbonyl (C=O) groups excluding carboxylic acids is 1. The number of anilines is 1. The standard InChI is InChI=1S/C24H34N2O4S/c1-17-14-18(2)23(19(3)15-17)26(31(7,28)29)16-22(27)25-12-13-30-21-11-9-8-10-20(21)24(4,5)6/h8-11,14-15H,12-13,16H2,1-7H3,(H,25,27). The number of benzene rings is 2. The van der Waals surface area contributed by atoms with Crippen molar-refractivity contribution < 1.29 is 17.9 Å². The van der Waals surface area contributed by atoms with Gasteiger partial charge in [0.25, 0.3) is 0 Å². The minimum absolute atomic E-state index is 0.0560. The molecule has 0 aliphatic carbocycles. The number of carbonyl (C=O) groups is 1. The Morgan fingerprint density at radius 1 is 1.06 bits per heavy atom. The van der Waals surface area contributed by atoms with Crippen LogP contribution in [-0.2, 0) is 20.2 Å². The van der Waals surface area contributed by atoms with Gasteiger partial charge in [-0.05, 0) is 48.9 Å². The van der Waals surface area contributed by atoms with E-state index in [1.54, 1.807) is 0 Å². The molecule has 0 bridgehead atoms. The second-order valence-electron chi connectivity index (χ2n) is 8.96. The van der Waals surface area contributed by atoms with Gasteiger partial charge in [0.1, 0.15) is 18.9 Å². The molecule has 0 heterocycles. The van der Waals surface area contributed by atoms with Gasteiger partial charge in [0.15, 0.2) is 0 Å². The molecule has 6 nitrogen and oxygen atoms in total. The van der Waals surface area contributed by atoms with E-state index in [9.17, 15) is 13.2 Å². The van der Waals surface area contributed by atoms with Crippen LogP contribution in [0.1, 0.15) is 43.0 Å². The van der Waals surface area contributed by atoms with Crippen LogP contribution in [0.3, 0.4) is 0 Å². The summed E-state index contributed by atoms with van der Waals surface area (Å²) < 4.78 is 31.9. The van der Waals surface area contributed by atoms with Crippen LogP contribution < -0.4 is 14.4 Å². The number of amides is 1. The molecule has 1 N–H and O–H groups in total. The summed E-state index contributed by atoms with van der Waals surface area (Å²) in [6.45, 7) is 12.3. The molecule has 0 saturated heterocycles. The Kier molecular flexibility index (Phi) is 7.76. The highest BCUT2D eigenvalue weighted by molar-refractivity contribution is 7.92. The molecular formula is C24H34N2O4S. The lowest BCUT2D eigenvalue weighted by Crippen LogP contribution is -2.42. The number of nitrogens with one attached hydrogen (secondary N) is 1. The molecule has 31 heavy (non-hydrogen) atoms. The molecule has 0 spiro atoms. The molecule has 2 aromatic carbocycles. The monoisotopic (exact) mass is 446 g/mol. The number of para-hydroxylation sites is 1. The molecule has 0 saturated carbocycles. The van der Waals surface area contributed by atoms with E-state index in [0.717, 1.165) is 34.3 Å². The Balaban J connectivity index is 2.03. The lowest BCUT2D eigenvalue weighted by Gasteiger charge is -2.26.